The molecule has 1 aliphatic heterocycles. The fourth-order valence-electron chi connectivity index (χ4n) is 10.5. The van der Waals surface area contributed by atoms with Crippen LogP contribution in [0.25, 0.3) is 0 Å². The van der Waals surface area contributed by atoms with E-state index in [4.69, 9.17) is 14.2 Å². The number of aliphatic hydroxyl groups excluding tert-OH is 5. The van der Waals surface area contributed by atoms with Crippen LogP contribution in [0.2, 0.25) is 0 Å². The largest absolute Gasteiger partial charge is 0.454 e. The van der Waals surface area contributed by atoms with E-state index in [9.17, 15) is 35.1 Å². The summed E-state index contributed by atoms with van der Waals surface area (Å²) in [7, 11) is 0. The topological polar surface area (TPSA) is 175 Å². The molecule has 8 unspecified atom stereocenters. The number of amides is 1. The van der Waals surface area contributed by atoms with E-state index in [-0.39, 0.29) is 19.4 Å². The Morgan fingerprint density at radius 3 is 1.25 bits per heavy atom. The summed E-state index contributed by atoms with van der Waals surface area (Å²) in [5, 5.41) is 57.2. The van der Waals surface area contributed by atoms with E-state index in [1.807, 2.05) is 6.08 Å². The van der Waals surface area contributed by atoms with Crippen LogP contribution >= 0.6 is 0 Å². The van der Waals surface area contributed by atoms with Gasteiger partial charge in [0.15, 0.2) is 12.4 Å². The van der Waals surface area contributed by atoms with Gasteiger partial charge >= 0.3 is 5.97 Å². The third-order valence-corrected chi connectivity index (χ3v) is 16.1. The van der Waals surface area contributed by atoms with Crippen molar-refractivity contribution in [3.05, 3.63) is 122 Å². The molecule has 0 aromatic rings. The maximum atomic E-state index is 13.5. The molecule has 0 spiro atoms. The Bertz CT molecular complexity index is 1900. The number of carbonyl (C=O) groups is 2. The molecule has 8 atom stereocenters. The highest BCUT2D eigenvalue weighted by atomic mass is 16.7. The quantitative estimate of drug-likeness (QED) is 0.0195. The smallest absolute Gasteiger partial charge is 0.306 e. The van der Waals surface area contributed by atoms with Crippen molar-refractivity contribution < 1.29 is 49.3 Å². The minimum absolute atomic E-state index is 0.111. The molecule has 1 rings (SSSR count). The van der Waals surface area contributed by atoms with Crippen molar-refractivity contribution in [3.8, 4) is 0 Å². The molecule has 88 heavy (non-hydrogen) atoms. The van der Waals surface area contributed by atoms with Crippen LogP contribution in [-0.2, 0) is 23.8 Å². The lowest BCUT2D eigenvalue weighted by Gasteiger charge is -2.41. The molecular formula is C77H131NO10. The second-order valence-corrected chi connectivity index (χ2v) is 24.2. The van der Waals surface area contributed by atoms with Crippen LogP contribution in [0, 0.1) is 0 Å². The molecular weight excluding hydrogens is 1100 g/mol. The lowest BCUT2D eigenvalue weighted by atomic mass is 9.99. The second-order valence-electron chi connectivity index (χ2n) is 24.2. The van der Waals surface area contributed by atoms with Gasteiger partial charge in [0.25, 0.3) is 0 Å². The van der Waals surface area contributed by atoms with Crippen molar-refractivity contribution in [2.75, 3.05) is 13.2 Å². The van der Waals surface area contributed by atoms with Gasteiger partial charge in [-0.25, -0.2) is 0 Å². The molecule has 0 aromatic carbocycles. The SMILES string of the molecule is CC/C=C\C/C=C\C/C=C\C/C=C\C/C=C\CCCCCCCCCCCCCC(=O)OC1C(OCC(NC(=O)C(O)CCCCCC/C=C\C/C=C\C/C=C\C/C=C\CCCCC)C(O)/C=C/CCCCCCCCCCCC)OC(CO)C(O)C1O. The second kappa shape index (κ2) is 63.2. The molecule has 0 saturated carbocycles. The molecule has 6 N–H and O–H groups in total. The first-order chi connectivity index (χ1) is 43.2. The number of hydrogen-bond donors (Lipinski definition) is 6. The molecule has 1 saturated heterocycles. The minimum atomic E-state index is -1.63. The molecule has 0 aromatic heterocycles. The Balaban J connectivity index is 2.58. The summed E-state index contributed by atoms with van der Waals surface area (Å²) in [6.07, 6.45) is 78.0. The average molecular weight is 1230 g/mol. The molecule has 1 amide bonds. The van der Waals surface area contributed by atoms with Crippen molar-refractivity contribution >= 4 is 11.9 Å². The zero-order valence-corrected chi connectivity index (χ0v) is 56.1. The highest BCUT2D eigenvalue weighted by molar-refractivity contribution is 5.80. The highest BCUT2D eigenvalue weighted by Crippen LogP contribution is 2.26. The highest BCUT2D eigenvalue weighted by Gasteiger charge is 2.47. The molecule has 0 bridgehead atoms. The Morgan fingerprint density at radius 1 is 0.455 bits per heavy atom. The summed E-state index contributed by atoms with van der Waals surface area (Å²) in [5.74, 6) is -1.22. The number of nitrogens with one attached hydrogen (secondary N) is 1. The van der Waals surface area contributed by atoms with E-state index >= 15 is 0 Å². The van der Waals surface area contributed by atoms with E-state index in [0.29, 0.717) is 12.8 Å². The molecule has 1 fully saturated rings. The zero-order valence-electron chi connectivity index (χ0n) is 56.1. The van der Waals surface area contributed by atoms with Gasteiger partial charge in [0.2, 0.25) is 5.91 Å². The zero-order chi connectivity index (χ0) is 63.9. The minimum Gasteiger partial charge on any atom is -0.454 e. The van der Waals surface area contributed by atoms with E-state index in [1.165, 1.54) is 109 Å². The normalized spacial score (nSPS) is 18.9. The first kappa shape index (κ1) is 82.1. The van der Waals surface area contributed by atoms with Gasteiger partial charge in [-0.05, 0) is 116 Å². The number of rotatable bonds is 60. The molecule has 0 aliphatic carbocycles. The Morgan fingerprint density at radius 2 is 0.818 bits per heavy atom. The first-order valence-electron chi connectivity index (χ1n) is 35.8. The van der Waals surface area contributed by atoms with E-state index in [1.54, 1.807) is 6.08 Å². The van der Waals surface area contributed by atoms with Gasteiger partial charge in [-0.1, -0.05) is 290 Å². The van der Waals surface area contributed by atoms with Crippen LogP contribution in [0.5, 0.6) is 0 Å². The van der Waals surface area contributed by atoms with Gasteiger partial charge in [-0.3, -0.25) is 9.59 Å². The molecule has 504 valence electrons. The van der Waals surface area contributed by atoms with Crippen molar-refractivity contribution in [1.29, 1.82) is 0 Å². The molecule has 11 heteroatoms. The van der Waals surface area contributed by atoms with Crippen LogP contribution in [0.15, 0.2) is 122 Å². The number of hydrogen-bond acceptors (Lipinski definition) is 10. The maximum absolute atomic E-state index is 13.5. The van der Waals surface area contributed by atoms with Gasteiger partial charge in [0.1, 0.15) is 24.4 Å². The summed E-state index contributed by atoms with van der Waals surface area (Å²) in [5.41, 5.74) is 0. The predicted molar refractivity (Wildman–Crippen MR) is 370 cm³/mol. The fourth-order valence-corrected chi connectivity index (χ4v) is 10.5. The van der Waals surface area contributed by atoms with Gasteiger partial charge < -0.3 is 45.1 Å². The van der Waals surface area contributed by atoms with Crippen LogP contribution in [-0.4, -0.2) is 99.6 Å². The van der Waals surface area contributed by atoms with Crippen LogP contribution in [0.4, 0.5) is 0 Å². The number of unbranched alkanes of at least 4 members (excludes halogenated alkanes) is 28. The van der Waals surface area contributed by atoms with E-state index < -0.39 is 67.4 Å². The summed E-state index contributed by atoms with van der Waals surface area (Å²) < 4.78 is 17.7. The number of carbonyl (C=O) groups excluding carboxylic acids is 2. The van der Waals surface area contributed by atoms with Gasteiger partial charge in [0, 0.05) is 6.42 Å². The lowest BCUT2D eigenvalue weighted by molar-refractivity contribution is -0.305. The van der Waals surface area contributed by atoms with Crippen LogP contribution in [0.3, 0.4) is 0 Å². The summed E-state index contributed by atoms with van der Waals surface area (Å²) in [4.78, 5) is 26.7. The standard InChI is InChI=1S/C77H131NO10/c1-4-7-10-13-16-19-22-25-27-29-31-33-34-35-36-37-38-39-41-43-45-47-50-53-56-59-62-65-72(82)88-75-74(84)73(83)71(66-79)87-77(75)86-67-68(69(80)63-60-57-54-51-48-24-21-18-15-12-9-6-3)78-76(85)70(81)64-61-58-55-52-49-46-44-42-40-32-30-28-26-23-20-17-14-11-8-5-2/h7,10,16-17,19-20,25-28,31-33,35-36,40,44,46,60,63,68-71,73-75,77,79-81,83-84H,4-6,8-9,11-15,18,21-24,29-30,34,37-39,41-43,45,47-59,61-62,64-67H2,1-3H3,(H,78,85)/b10-7-,19-16-,20-17-,27-25-,28-26-,33-31-,36-35-,40-32-,46-44-,63-60+. The van der Waals surface area contributed by atoms with Gasteiger partial charge in [-0.15, -0.1) is 0 Å². The number of ether oxygens (including phenoxy) is 3. The Hall–Kier alpha value is -3.94. The van der Waals surface area contributed by atoms with E-state index in [2.05, 4.69) is 135 Å². The third kappa shape index (κ3) is 49.8. The molecule has 1 aliphatic rings. The number of allylic oxidation sites excluding steroid dienone is 19. The fraction of sp³-hybridized carbons (Fsp3) is 0.714. The van der Waals surface area contributed by atoms with Crippen molar-refractivity contribution in [3.63, 3.8) is 0 Å². The van der Waals surface area contributed by atoms with Gasteiger partial charge in [-0.2, -0.15) is 0 Å². The van der Waals surface area contributed by atoms with Gasteiger partial charge in [0.05, 0.1) is 25.4 Å². The third-order valence-electron chi connectivity index (χ3n) is 16.1. The van der Waals surface area contributed by atoms with Crippen LogP contribution in [0.1, 0.15) is 290 Å². The first-order valence-corrected chi connectivity index (χ1v) is 35.8. The Kier molecular flexibility index (Phi) is 59.0. The number of aliphatic hydroxyl groups is 5. The van der Waals surface area contributed by atoms with Crippen molar-refractivity contribution in [1.82, 2.24) is 5.32 Å². The average Bonchev–Trinajstić information content (AvgIpc) is 1.29. The summed E-state index contributed by atoms with van der Waals surface area (Å²) in [6.45, 7) is 5.65. The number of esters is 1. The van der Waals surface area contributed by atoms with Crippen molar-refractivity contribution in [2.45, 2.75) is 339 Å². The molecule has 0 radical (unpaired) electrons. The van der Waals surface area contributed by atoms with E-state index in [0.717, 1.165) is 135 Å². The molecule has 11 nitrogen and oxygen atoms in total. The van der Waals surface area contributed by atoms with Crippen molar-refractivity contribution in [2.24, 2.45) is 0 Å². The van der Waals surface area contributed by atoms with Crippen LogP contribution < -0.4 is 5.32 Å². The predicted octanol–water partition coefficient (Wildman–Crippen LogP) is 18.6. The molecule has 1 heterocycles. The lowest BCUT2D eigenvalue weighted by Crippen LogP contribution is -2.61. The monoisotopic (exact) mass is 1230 g/mol. The maximum Gasteiger partial charge on any atom is 0.306 e. The Labute approximate surface area is 538 Å². The summed E-state index contributed by atoms with van der Waals surface area (Å²) >= 11 is 0. The summed E-state index contributed by atoms with van der Waals surface area (Å²) in [6, 6.07) is -1.04.